The van der Waals surface area contributed by atoms with E-state index in [-0.39, 0.29) is 18.6 Å². The number of hydrogen-bond acceptors (Lipinski definition) is 4. The maximum absolute atomic E-state index is 11.6. The Morgan fingerprint density at radius 2 is 2.05 bits per heavy atom. The molecule has 110 valence electrons. The average molecular weight is 279 g/mol. The molecule has 0 unspecified atom stereocenters. The van der Waals surface area contributed by atoms with Gasteiger partial charge in [0.2, 0.25) is 0 Å². The van der Waals surface area contributed by atoms with Crippen LogP contribution in [0.25, 0.3) is 0 Å². The van der Waals surface area contributed by atoms with E-state index < -0.39 is 12.0 Å². The monoisotopic (exact) mass is 279 g/mol. The van der Waals surface area contributed by atoms with Crippen molar-refractivity contribution in [2.24, 2.45) is 0 Å². The highest BCUT2D eigenvalue weighted by Crippen LogP contribution is 2.23. The van der Waals surface area contributed by atoms with Crippen molar-refractivity contribution in [2.45, 2.75) is 33.1 Å². The van der Waals surface area contributed by atoms with Crippen molar-refractivity contribution in [3.63, 3.8) is 0 Å². The highest BCUT2D eigenvalue weighted by atomic mass is 16.5. The lowest BCUT2D eigenvalue weighted by Gasteiger charge is -2.19. The molecule has 0 saturated heterocycles. The number of carbonyl (C=O) groups excluding carboxylic acids is 2. The van der Waals surface area contributed by atoms with Gasteiger partial charge in [0.05, 0.1) is 6.61 Å². The lowest BCUT2D eigenvalue weighted by molar-refractivity contribution is -0.141. The summed E-state index contributed by atoms with van der Waals surface area (Å²) in [5.41, 5.74) is 1.04. The first-order valence-corrected chi connectivity index (χ1v) is 6.50. The van der Waals surface area contributed by atoms with Crippen LogP contribution in [0, 0.1) is 0 Å². The number of carbonyl (C=O) groups is 2. The van der Waals surface area contributed by atoms with Gasteiger partial charge in [-0.15, -0.1) is 0 Å². The van der Waals surface area contributed by atoms with Gasteiger partial charge in [0.25, 0.3) is 0 Å². The number of pyridine rings is 1. The molecule has 1 aromatic rings. The Morgan fingerprint density at radius 3 is 2.65 bits per heavy atom. The smallest absolute Gasteiger partial charge is 0.325 e. The molecule has 1 rings (SSSR count). The van der Waals surface area contributed by atoms with Crippen LogP contribution < -0.4 is 10.6 Å². The van der Waals surface area contributed by atoms with Crippen molar-refractivity contribution >= 4 is 17.8 Å². The van der Waals surface area contributed by atoms with E-state index in [2.05, 4.69) is 36.4 Å². The molecule has 2 N–H and O–H groups in total. The standard InChI is InChI=1S/C14H21N3O3/c1-5-20-12(18)9-16-13(19)17-11-8-10(6-7-15-11)14(2,3)4/h6-8H,5,9H2,1-4H3,(H2,15,16,17,19). The summed E-state index contributed by atoms with van der Waals surface area (Å²) in [6.07, 6.45) is 1.64. The predicted molar refractivity (Wildman–Crippen MR) is 76.6 cm³/mol. The second kappa shape index (κ2) is 6.88. The number of hydrogen-bond donors (Lipinski definition) is 2. The zero-order valence-electron chi connectivity index (χ0n) is 12.3. The fraction of sp³-hybridized carbons (Fsp3) is 0.500. The molecule has 0 spiro atoms. The van der Waals surface area contributed by atoms with E-state index in [0.29, 0.717) is 5.82 Å². The third-order valence-corrected chi connectivity index (χ3v) is 2.57. The third kappa shape index (κ3) is 5.26. The summed E-state index contributed by atoms with van der Waals surface area (Å²) >= 11 is 0. The van der Waals surface area contributed by atoms with Gasteiger partial charge in [0.15, 0.2) is 0 Å². The number of anilines is 1. The molecule has 0 saturated carbocycles. The summed E-state index contributed by atoms with van der Waals surface area (Å²) in [5.74, 6) is -0.0298. The Labute approximate surface area is 118 Å². The van der Waals surface area contributed by atoms with E-state index >= 15 is 0 Å². The van der Waals surface area contributed by atoms with Crippen LogP contribution in [0.3, 0.4) is 0 Å². The van der Waals surface area contributed by atoms with Crippen molar-refractivity contribution in [1.29, 1.82) is 0 Å². The molecule has 0 radical (unpaired) electrons. The lowest BCUT2D eigenvalue weighted by atomic mass is 9.88. The van der Waals surface area contributed by atoms with Gasteiger partial charge in [0, 0.05) is 6.20 Å². The summed E-state index contributed by atoms with van der Waals surface area (Å²) in [6, 6.07) is 3.22. The van der Waals surface area contributed by atoms with Gasteiger partial charge in [-0.25, -0.2) is 9.78 Å². The molecule has 0 aromatic carbocycles. The highest BCUT2D eigenvalue weighted by Gasteiger charge is 2.15. The number of esters is 1. The lowest BCUT2D eigenvalue weighted by Crippen LogP contribution is -2.34. The Bertz CT molecular complexity index is 481. The molecule has 6 nitrogen and oxygen atoms in total. The maximum atomic E-state index is 11.6. The number of ether oxygens (including phenoxy) is 1. The molecule has 0 bridgehead atoms. The molecule has 0 aliphatic rings. The molecule has 6 heteroatoms. The first-order chi connectivity index (χ1) is 9.32. The number of rotatable bonds is 4. The van der Waals surface area contributed by atoms with Crippen LogP contribution in [0.4, 0.5) is 10.6 Å². The van der Waals surface area contributed by atoms with Gasteiger partial charge in [-0.1, -0.05) is 20.8 Å². The SMILES string of the molecule is CCOC(=O)CNC(=O)Nc1cc(C(C)(C)C)ccn1. The van der Waals surface area contributed by atoms with Crippen LogP contribution in [-0.2, 0) is 14.9 Å². The molecule has 0 atom stereocenters. The number of urea groups is 1. The third-order valence-electron chi connectivity index (χ3n) is 2.57. The van der Waals surface area contributed by atoms with Crippen molar-refractivity contribution in [3.8, 4) is 0 Å². The predicted octanol–water partition coefficient (Wildman–Crippen LogP) is 2.06. The Morgan fingerprint density at radius 1 is 1.35 bits per heavy atom. The molecular formula is C14H21N3O3. The van der Waals surface area contributed by atoms with E-state index in [0.717, 1.165) is 5.56 Å². The minimum atomic E-state index is -0.489. The molecule has 20 heavy (non-hydrogen) atoms. The van der Waals surface area contributed by atoms with Crippen LogP contribution in [0.5, 0.6) is 0 Å². The molecule has 1 aromatic heterocycles. The van der Waals surface area contributed by atoms with Crippen LogP contribution in [0.2, 0.25) is 0 Å². The highest BCUT2D eigenvalue weighted by molar-refractivity contribution is 5.90. The van der Waals surface area contributed by atoms with Crippen molar-refractivity contribution < 1.29 is 14.3 Å². The topological polar surface area (TPSA) is 80.3 Å². The van der Waals surface area contributed by atoms with Crippen molar-refractivity contribution in [2.75, 3.05) is 18.5 Å². The van der Waals surface area contributed by atoms with Crippen molar-refractivity contribution in [3.05, 3.63) is 23.9 Å². The van der Waals surface area contributed by atoms with Gasteiger partial charge in [-0.2, -0.15) is 0 Å². The molecule has 1 heterocycles. The van der Waals surface area contributed by atoms with Gasteiger partial charge in [-0.3, -0.25) is 10.1 Å². The average Bonchev–Trinajstić information content (AvgIpc) is 2.36. The summed E-state index contributed by atoms with van der Waals surface area (Å²) in [7, 11) is 0. The Balaban J connectivity index is 2.56. The second-order valence-corrected chi connectivity index (χ2v) is 5.29. The number of amides is 2. The Kier molecular flexibility index (Phi) is 5.49. The van der Waals surface area contributed by atoms with E-state index in [1.807, 2.05) is 12.1 Å². The van der Waals surface area contributed by atoms with Crippen LogP contribution >= 0.6 is 0 Å². The molecule has 0 aliphatic heterocycles. The zero-order chi connectivity index (χ0) is 15.2. The minimum absolute atomic E-state index is 0.0270. The minimum Gasteiger partial charge on any atom is -0.465 e. The van der Waals surface area contributed by atoms with E-state index in [4.69, 9.17) is 4.74 Å². The molecule has 2 amide bonds. The maximum Gasteiger partial charge on any atom is 0.325 e. The van der Waals surface area contributed by atoms with Gasteiger partial charge in [0.1, 0.15) is 12.4 Å². The Hall–Kier alpha value is -2.11. The summed E-state index contributed by atoms with van der Waals surface area (Å²) in [5, 5.41) is 4.99. The van der Waals surface area contributed by atoms with Crippen LogP contribution in [0.15, 0.2) is 18.3 Å². The van der Waals surface area contributed by atoms with E-state index in [1.54, 1.807) is 13.1 Å². The fourth-order valence-electron chi connectivity index (χ4n) is 1.49. The second-order valence-electron chi connectivity index (χ2n) is 5.29. The molecular weight excluding hydrogens is 258 g/mol. The number of aromatic nitrogens is 1. The van der Waals surface area contributed by atoms with E-state index in [9.17, 15) is 9.59 Å². The largest absolute Gasteiger partial charge is 0.465 e. The van der Waals surface area contributed by atoms with Crippen molar-refractivity contribution in [1.82, 2.24) is 10.3 Å². The molecule has 0 aliphatic carbocycles. The summed E-state index contributed by atoms with van der Waals surface area (Å²) in [6.45, 7) is 8.06. The summed E-state index contributed by atoms with van der Waals surface area (Å²) in [4.78, 5) is 26.8. The van der Waals surface area contributed by atoms with Crippen LogP contribution in [0.1, 0.15) is 33.3 Å². The molecule has 0 fully saturated rings. The van der Waals surface area contributed by atoms with Gasteiger partial charge in [-0.05, 0) is 30.0 Å². The van der Waals surface area contributed by atoms with Gasteiger partial charge >= 0.3 is 12.0 Å². The zero-order valence-corrected chi connectivity index (χ0v) is 12.3. The van der Waals surface area contributed by atoms with Crippen LogP contribution in [-0.4, -0.2) is 30.1 Å². The first-order valence-electron chi connectivity index (χ1n) is 6.50. The normalized spacial score (nSPS) is 10.8. The summed E-state index contributed by atoms with van der Waals surface area (Å²) < 4.78 is 4.71. The quantitative estimate of drug-likeness (QED) is 0.827. The number of nitrogens with zero attached hydrogens (tertiary/aromatic N) is 1. The first kappa shape index (κ1) is 15.9. The van der Waals surface area contributed by atoms with Gasteiger partial charge < -0.3 is 10.1 Å². The number of nitrogens with one attached hydrogen (secondary N) is 2. The van der Waals surface area contributed by atoms with E-state index in [1.165, 1.54) is 0 Å². The fourth-order valence-corrected chi connectivity index (χ4v) is 1.49.